The minimum absolute atomic E-state index is 0. The Labute approximate surface area is 180 Å². The molecule has 2 aliphatic carbocycles. The predicted octanol–water partition coefficient (Wildman–Crippen LogP) is 3.56. The van der Waals surface area contributed by atoms with Crippen LogP contribution in [0.4, 0.5) is 0 Å². The van der Waals surface area contributed by atoms with E-state index in [9.17, 15) is 9.90 Å². The summed E-state index contributed by atoms with van der Waals surface area (Å²) in [5, 5.41) is 9.28. The van der Waals surface area contributed by atoms with Crippen molar-refractivity contribution in [2.75, 3.05) is 20.1 Å². The fourth-order valence-electron chi connectivity index (χ4n) is 5.40. The molecule has 0 saturated heterocycles. The van der Waals surface area contributed by atoms with Crippen LogP contribution in [-0.4, -0.2) is 55.0 Å². The minimum atomic E-state index is -0.762. The van der Waals surface area contributed by atoms with Gasteiger partial charge in [-0.05, 0) is 79.8 Å². The second-order valence-electron chi connectivity index (χ2n) is 8.30. The summed E-state index contributed by atoms with van der Waals surface area (Å²) in [6, 6.07) is 15.5. The molecule has 0 bridgehead atoms. The van der Waals surface area contributed by atoms with Crippen LogP contribution in [-0.2, 0) is 29.5 Å². The van der Waals surface area contributed by atoms with Crippen molar-refractivity contribution in [3.05, 3.63) is 70.3 Å². The summed E-state index contributed by atoms with van der Waals surface area (Å²) < 4.78 is 0. The van der Waals surface area contributed by atoms with Crippen molar-refractivity contribution in [2.24, 2.45) is 0 Å². The van der Waals surface area contributed by atoms with Crippen molar-refractivity contribution in [3.8, 4) is 0 Å². The summed E-state index contributed by atoms with van der Waals surface area (Å²) in [6.07, 6.45) is 8.41. The van der Waals surface area contributed by atoms with Gasteiger partial charge in [-0.1, -0.05) is 42.5 Å². The Hall–Kier alpha value is -1.53. The Morgan fingerprint density at radius 3 is 2.46 bits per heavy atom. The standard InChI is InChI=1S/C24H29NO2.Li.H/c1-25(16-23(26)27)17-24(19-9-3-2-4-10-19)15-7-12-21-20-11-6-5-8-18(20)13-14-22(21)24;;/h2-4,9-10,13-14H,5-8,11-12,15-17H2,1H3,(H,26,27);;. The number of carbonyl (C=O) groups is 1. The first-order chi connectivity index (χ1) is 13.1. The Bertz CT molecular complexity index is 836. The summed E-state index contributed by atoms with van der Waals surface area (Å²) >= 11 is 0. The summed E-state index contributed by atoms with van der Waals surface area (Å²) in [5.41, 5.74) is 7.34. The van der Waals surface area contributed by atoms with Crippen LogP contribution in [0.3, 0.4) is 0 Å². The average Bonchev–Trinajstić information content (AvgIpc) is 2.68. The number of rotatable bonds is 5. The Morgan fingerprint density at radius 2 is 1.71 bits per heavy atom. The van der Waals surface area contributed by atoms with Gasteiger partial charge in [-0.25, -0.2) is 0 Å². The van der Waals surface area contributed by atoms with E-state index in [4.69, 9.17) is 0 Å². The van der Waals surface area contributed by atoms with Gasteiger partial charge in [0.1, 0.15) is 0 Å². The second kappa shape index (κ2) is 8.87. The number of nitrogens with zero attached hydrogens (tertiary/aromatic N) is 1. The van der Waals surface area contributed by atoms with Gasteiger partial charge in [0.25, 0.3) is 0 Å². The number of fused-ring (bicyclic) bond motifs is 3. The van der Waals surface area contributed by atoms with Gasteiger partial charge in [-0.3, -0.25) is 9.69 Å². The van der Waals surface area contributed by atoms with Crippen LogP contribution in [0.5, 0.6) is 0 Å². The van der Waals surface area contributed by atoms with E-state index in [0.29, 0.717) is 0 Å². The van der Waals surface area contributed by atoms with Crippen LogP contribution < -0.4 is 0 Å². The third-order valence-corrected chi connectivity index (χ3v) is 6.47. The number of aryl methyl sites for hydroxylation is 1. The fraction of sp³-hybridized carbons (Fsp3) is 0.458. The number of carboxylic acids is 1. The van der Waals surface area contributed by atoms with Gasteiger partial charge in [0.15, 0.2) is 0 Å². The molecule has 0 aromatic heterocycles. The van der Waals surface area contributed by atoms with Crippen molar-refractivity contribution in [1.29, 1.82) is 0 Å². The van der Waals surface area contributed by atoms with E-state index in [2.05, 4.69) is 42.5 Å². The predicted molar refractivity (Wildman–Crippen MR) is 116 cm³/mol. The molecule has 1 atom stereocenters. The number of hydrogen-bond acceptors (Lipinski definition) is 2. The van der Waals surface area contributed by atoms with Crippen molar-refractivity contribution in [3.63, 3.8) is 0 Å². The number of likely N-dealkylation sites (N-methyl/N-ethyl adjacent to an activating group) is 1. The van der Waals surface area contributed by atoms with E-state index in [0.717, 1.165) is 19.4 Å². The van der Waals surface area contributed by atoms with Gasteiger partial charge in [0.2, 0.25) is 0 Å². The molecule has 3 nitrogen and oxygen atoms in total. The SMILES string of the molecule is CN(CC(=O)O)CC1(c2ccccc2)CCCc2c1ccc1c2CCCC1.[LiH]. The first-order valence-corrected chi connectivity index (χ1v) is 10.2. The first-order valence-electron chi connectivity index (χ1n) is 10.2. The molecule has 4 heteroatoms. The molecular weight excluding hydrogens is 341 g/mol. The molecule has 0 radical (unpaired) electrons. The van der Waals surface area contributed by atoms with Gasteiger partial charge < -0.3 is 5.11 Å². The Kier molecular flexibility index (Phi) is 6.71. The average molecular weight is 371 g/mol. The molecule has 0 fully saturated rings. The van der Waals surface area contributed by atoms with Crippen molar-refractivity contribution in [1.82, 2.24) is 4.90 Å². The van der Waals surface area contributed by atoms with E-state index in [1.54, 1.807) is 16.7 Å². The molecule has 28 heavy (non-hydrogen) atoms. The van der Waals surface area contributed by atoms with Gasteiger partial charge >= 0.3 is 24.8 Å². The molecule has 1 N–H and O–H groups in total. The number of hydrogen-bond donors (Lipinski definition) is 1. The zero-order valence-corrected chi connectivity index (χ0v) is 16.2. The van der Waals surface area contributed by atoms with E-state index < -0.39 is 5.97 Å². The molecule has 0 spiro atoms. The molecule has 2 aliphatic rings. The Balaban J connectivity index is 0.00000225. The number of benzene rings is 2. The number of aliphatic carboxylic acids is 1. The van der Waals surface area contributed by atoms with Crippen molar-refractivity contribution < 1.29 is 9.90 Å². The summed E-state index contributed by atoms with van der Waals surface area (Å²) in [4.78, 5) is 13.3. The summed E-state index contributed by atoms with van der Waals surface area (Å²) in [6.45, 7) is 0.823. The van der Waals surface area contributed by atoms with E-state index in [-0.39, 0.29) is 30.8 Å². The molecule has 4 rings (SSSR count). The maximum atomic E-state index is 11.3. The van der Waals surface area contributed by atoms with Crippen LogP contribution >= 0.6 is 0 Å². The second-order valence-corrected chi connectivity index (χ2v) is 8.30. The first kappa shape index (κ1) is 21.2. The third kappa shape index (κ3) is 3.94. The molecule has 0 aliphatic heterocycles. The zero-order chi connectivity index (χ0) is 18.9. The third-order valence-electron chi connectivity index (χ3n) is 6.47. The quantitative estimate of drug-likeness (QED) is 0.817. The fourth-order valence-corrected chi connectivity index (χ4v) is 5.40. The normalized spacial score (nSPS) is 20.8. The van der Waals surface area contributed by atoms with Crippen LogP contribution in [0.2, 0.25) is 0 Å². The number of carboxylic acid groups (broad SMARTS) is 1. The monoisotopic (exact) mass is 371 g/mol. The Morgan fingerprint density at radius 1 is 1.00 bits per heavy atom. The van der Waals surface area contributed by atoms with Gasteiger partial charge in [-0.2, -0.15) is 0 Å². The molecule has 0 saturated carbocycles. The topological polar surface area (TPSA) is 40.5 Å². The molecule has 1 unspecified atom stereocenters. The van der Waals surface area contributed by atoms with Gasteiger partial charge in [-0.15, -0.1) is 0 Å². The van der Waals surface area contributed by atoms with Crippen LogP contribution in [0, 0.1) is 0 Å². The van der Waals surface area contributed by atoms with Crippen LogP contribution in [0.15, 0.2) is 42.5 Å². The molecular formula is C24H30LiNO2. The maximum absolute atomic E-state index is 11.3. The van der Waals surface area contributed by atoms with Crippen LogP contribution in [0.1, 0.15) is 53.5 Å². The summed E-state index contributed by atoms with van der Waals surface area (Å²) in [5.74, 6) is -0.762. The van der Waals surface area contributed by atoms with Crippen molar-refractivity contribution >= 4 is 24.8 Å². The summed E-state index contributed by atoms with van der Waals surface area (Å²) in [7, 11) is 1.94. The van der Waals surface area contributed by atoms with Crippen LogP contribution in [0.25, 0.3) is 0 Å². The molecule has 2 aromatic carbocycles. The van der Waals surface area contributed by atoms with Crippen molar-refractivity contribution in [2.45, 2.75) is 50.4 Å². The molecule has 0 amide bonds. The molecule has 2 aromatic rings. The van der Waals surface area contributed by atoms with E-state index in [1.807, 2.05) is 11.9 Å². The zero-order valence-electron chi connectivity index (χ0n) is 16.2. The molecule has 0 heterocycles. The van der Waals surface area contributed by atoms with Gasteiger partial charge in [0.05, 0.1) is 6.54 Å². The van der Waals surface area contributed by atoms with E-state index >= 15 is 0 Å². The van der Waals surface area contributed by atoms with E-state index in [1.165, 1.54) is 43.2 Å². The molecule has 144 valence electrons. The van der Waals surface area contributed by atoms with Gasteiger partial charge in [0, 0.05) is 12.0 Å².